The molecule has 3 rings (SSSR count). The average Bonchev–Trinajstić information content (AvgIpc) is 2.86. The average molecular weight is 444 g/mol. The Morgan fingerprint density at radius 3 is 2.00 bits per heavy atom. The fourth-order valence-electron chi connectivity index (χ4n) is 2.74. The van der Waals surface area contributed by atoms with Crippen molar-refractivity contribution >= 4 is 28.4 Å². The van der Waals surface area contributed by atoms with E-state index in [0.29, 0.717) is 17.7 Å². The van der Waals surface area contributed by atoms with Crippen LogP contribution in [0.1, 0.15) is 35.7 Å². The lowest BCUT2D eigenvalue weighted by Crippen LogP contribution is -2.05. The van der Waals surface area contributed by atoms with E-state index in [1.54, 1.807) is 12.1 Å². The molecule has 3 nitrogen and oxygen atoms in total. The van der Waals surface area contributed by atoms with Gasteiger partial charge in [-0.1, -0.05) is 13.3 Å². The molecule has 0 aliphatic heterocycles. The minimum Gasteiger partial charge on any atom is -0.490 e. The quantitative estimate of drug-likeness (QED) is 0.301. The van der Waals surface area contributed by atoms with Crippen LogP contribution in [0, 0.1) is 11.6 Å². The Balaban J connectivity index is 2.05. The van der Waals surface area contributed by atoms with Gasteiger partial charge >= 0.3 is 0 Å². The van der Waals surface area contributed by atoms with Crippen LogP contribution in [0.15, 0.2) is 24.3 Å². The van der Waals surface area contributed by atoms with Crippen molar-refractivity contribution < 1.29 is 23.0 Å². The Labute approximate surface area is 152 Å². The molecule has 126 valence electrons. The third-order valence-electron chi connectivity index (χ3n) is 3.92. The van der Waals surface area contributed by atoms with Crippen LogP contribution >= 0.6 is 22.6 Å². The highest BCUT2D eigenvalue weighted by Gasteiger charge is 2.35. The first-order valence-corrected chi connectivity index (χ1v) is 9.14. The molecule has 1 aliphatic rings. The Bertz CT molecular complexity index is 805. The van der Waals surface area contributed by atoms with Crippen LogP contribution in [-0.2, 0) is 0 Å². The van der Waals surface area contributed by atoms with Crippen molar-refractivity contribution in [3.8, 4) is 22.6 Å². The van der Waals surface area contributed by atoms with E-state index in [4.69, 9.17) is 9.47 Å². The topological polar surface area (TPSA) is 35.5 Å². The molecule has 0 spiro atoms. The normalized spacial score (nSPS) is 12.1. The largest absolute Gasteiger partial charge is 0.490 e. The number of ether oxygens (including phenoxy) is 2. The molecular weight excluding hydrogens is 429 g/mol. The van der Waals surface area contributed by atoms with Gasteiger partial charge < -0.3 is 9.47 Å². The molecule has 2 aromatic rings. The van der Waals surface area contributed by atoms with Gasteiger partial charge in [0, 0.05) is 0 Å². The van der Waals surface area contributed by atoms with Crippen molar-refractivity contribution in [2.75, 3.05) is 11.2 Å². The van der Waals surface area contributed by atoms with Crippen LogP contribution in [-0.4, -0.2) is 17.0 Å². The summed E-state index contributed by atoms with van der Waals surface area (Å²) in [5, 5.41) is 0. The Kier molecular flexibility index (Phi) is 5.03. The van der Waals surface area contributed by atoms with Crippen LogP contribution in [0.5, 0.6) is 11.5 Å². The summed E-state index contributed by atoms with van der Waals surface area (Å²) in [5.41, 5.74) is 0.490. The lowest BCUT2D eigenvalue weighted by atomic mass is 10.0. The van der Waals surface area contributed by atoms with Gasteiger partial charge in [0.15, 0.2) is 28.9 Å². The lowest BCUT2D eigenvalue weighted by molar-refractivity contribution is 0.103. The van der Waals surface area contributed by atoms with Gasteiger partial charge in [-0.2, -0.15) is 0 Å². The first kappa shape index (κ1) is 17.1. The van der Waals surface area contributed by atoms with E-state index in [-0.39, 0.29) is 27.2 Å². The highest BCUT2D eigenvalue weighted by atomic mass is 127. The van der Waals surface area contributed by atoms with Crippen molar-refractivity contribution in [1.82, 2.24) is 0 Å². The molecule has 0 bridgehead atoms. The second-order valence-electron chi connectivity index (χ2n) is 5.39. The molecule has 0 unspecified atom stereocenters. The maximum Gasteiger partial charge on any atom is 0.200 e. The standard InChI is InChI=1S/C18H15F2IO3/c1-2-3-8-23-12-6-4-10-11-5-7-13(24-9-21)17(20)15(11)18(22)14(10)16(12)19/h4-7H,2-3,8-9H2,1H3. The van der Waals surface area contributed by atoms with E-state index in [2.05, 4.69) is 0 Å². The van der Waals surface area contributed by atoms with Crippen LogP contribution in [0.3, 0.4) is 0 Å². The molecule has 0 saturated heterocycles. The minimum atomic E-state index is -0.752. The Morgan fingerprint density at radius 2 is 1.50 bits per heavy atom. The lowest BCUT2D eigenvalue weighted by Gasteiger charge is -2.09. The van der Waals surface area contributed by atoms with E-state index < -0.39 is 17.4 Å². The van der Waals surface area contributed by atoms with Crippen molar-refractivity contribution in [2.24, 2.45) is 0 Å². The van der Waals surface area contributed by atoms with Gasteiger partial charge in [-0.3, -0.25) is 4.79 Å². The molecule has 0 radical (unpaired) electrons. The Hall–Kier alpha value is -1.70. The smallest absolute Gasteiger partial charge is 0.200 e. The first-order chi connectivity index (χ1) is 11.6. The molecule has 2 aromatic carbocycles. The van der Waals surface area contributed by atoms with Gasteiger partial charge in [0.1, 0.15) is 4.61 Å². The first-order valence-electron chi connectivity index (χ1n) is 7.61. The SMILES string of the molecule is CCCCOc1ccc2c(c1F)C(=O)c1c-2ccc(OCI)c1F. The van der Waals surface area contributed by atoms with Crippen molar-refractivity contribution in [2.45, 2.75) is 19.8 Å². The van der Waals surface area contributed by atoms with Gasteiger partial charge in [-0.15, -0.1) is 0 Å². The summed E-state index contributed by atoms with van der Waals surface area (Å²) in [5.74, 6) is -2.15. The summed E-state index contributed by atoms with van der Waals surface area (Å²) in [7, 11) is 0. The fourth-order valence-corrected chi connectivity index (χ4v) is 3.08. The van der Waals surface area contributed by atoms with E-state index >= 15 is 0 Å². The summed E-state index contributed by atoms with van der Waals surface area (Å²) in [6.45, 7) is 2.37. The molecule has 0 N–H and O–H groups in total. The molecule has 0 aromatic heterocycles. The predicted molar refractivity (Wildman–Crippen MR) is 95.1 cm³/mol. The third kappa shape index (κ3) is 2.76. The molecule has 0 amide bonds. The van der Waals surface area contributed by atoms with Crippen molar-refractivity contribution in [3.63, 3.8) is 0 Å². The molecule has 1 aliphatic carbocycles. The monoisotopic (exact) mass is 444 g/mol. The maximum absolute atomic E-state index is 14.7. The number of hydrogen-bond donors (Lipinski definition) is 0. The van der Waals surface area contributed by atoms with E-state index in [0.717, 1.165) is 12.8 Å². The van der Waals surface area contributed by atoms with Crippen molar-refractivity contribution in [1.29, 1.82) is 0 Å². The molecule has 6 heteroatoms. The summed E-state index contributed by atoms with van der Waals surface area (Å²) in [6, 6.07) is 6.13. The number of fused-ring (bicyclic) bond motifs is 3. The van der Waals surface area contributed by atoms with Crippen LogP contribution < -0.4 is 9.47 Å². The molecule has 24 heavy (non-hydrogen) atoms. The zero-order chi connectivity index (χ0) is 17.3. The van der Waals surface area contributed by atoms with Crippen LogP contribution in [0.25, 0.3) is 11.1 Å². The third-order valence-corrected chi connectivity index (χ3v) is 4.23. The van der Waals surface area contributed by atoms with Gasteiger partial charge in [-0.05, 0) is 64.4 Å². The molecular formula is C18H15F2IO3. The molecule has 0 atom stereocenters. The second kappa shape index (κ2) is 7.04. The maximum atomic E-state index is 14.7. The van der Waals surface area contributed by atoms with Gasteiger partial charge in [0.05, 0.1) is 17.7 Å². The van der Waals surface area contributed by atoms with Gasteiger partial charge in [0.2, 0.25) is 0 Å². The Morgan fingerprint density at radius 1 is 0.958 bits per heavy atom. The summed E-state index contributed by atoms with van der Waals surface area (Å²) < 4.78 is 40.1. The van der Waals surface area contributed by atoms with E-state index in [1.807, 2.05) is 29.5 Å². The number of carbonyl (C=O) groups excluding carboxylic acids is 1. The number of unbranched alkanes of at least 4 members (excludes halogenated alkanes) is 1. The highest BCUT2D eigenvalue weighted by molar-refractivity contribution is 14.1. The minimum absolute atomic E-state index is 0.0101. The van der Waals surface area contributed by atoms with Crippen LogP contribution in [0.4, 0.5) is 8.78 Å². The number of carbonyl (C=O) groups is 1. The molecule has 0 heterocycles. The van der Waals surface area contributed by atoms with Crippen LogP contribution in [0.2, 0.25) is 0 Å². The molecule has 0 fully saturated rings. The number of ketones is 1. The number of hydrogen-bond acceptors (Lipinski definition) is 3. The summed E-state index contributed by atoms with van der Waals surface area (Å²) in [4.78, 5) is 12.6. The summed E-state index contributed by atoms with van der Waals surface area (Å²) in [6.07, 6.45) is 1.71. The second-order valence-corrected chi connectivity index (χ2v) is 6.01. The zero-order valence-electron chi connectivity index (χ0n) is 13.0. The van der Waals surface area contributed by atoms with E-state index in [1.165, 1.54) is 12.1 Å². The zero-order valence-corrected chi connectivity index (χ0v) is 15.2. The summed E-state index contributed by atoms with van der Waals surface area (Å²) >= 11 is 1.94. The number of halogens is 3. The number of rotatable bonds is 6. The molecule has 0 saturated carbocycles. The highest BCUT2D eigenvalue weighted by Crippen LogP contribution is 2.43. The number of alkyl halides is 1. The van der Waals surface area contributed by atoms with E-state index in [9.17, 15) is 13.6 Å². The predicted octanol–water partition coefficient (Wildman–Crippen LogP) is 5.13. The van der Waals surface area contributed by atoms with Crippen molar-refractivity contribution in [3.05, 3.63) is 47.0 Å². The van der Waals surface area contributed by atoms with Gasteiger partial charge in [0.25, 0.3) is 0 Å². The fraction of sp³-hybridized carbons (Fsp3) is 0.278. The number of benzene rings is 2. The van der Waals surface area contributed by atoms with Gasteiger partial charge in [-0.25, -0.2) is 8.78 Å².